The first-order valence-electron chi connectivity index (χ1n) is 5.73. The van der Waals surface area contributed by atoms with Gasteiger partial charge in [0.2, 0.25) is 0 Å². The molecule has 2 aromatic rings. The van der Waals surface area contributed by atoms with Crippen LogP contribution in [0.4, 0.5) is 17.6 Å². The number of hydrogen-bond donors (Lipinski definition) is 1. The first-order valence-corrected chi connectivity index (χ1v) is 6.14. The number of aromatic nitrogens is 2. The van der Waals surface area contributed by atoms with Crippen molar-refractivity contribution in [3.05, 3.63) is 28.3 Å². The lowest BCUT2D eigenvalue weighted by Crippen LogP contribution is -2.09. The number of hydrogen-bond acceptors (Lipinski definition) is 1. The van der Waals surface area contributed by atoms with Crippen LogP contribution in [-0.2, 0) is 6.54 Å². The summed E-state index contributed by atoms with van der Waals surface area (Å²) < 4.78 is 51.6. The maximum Gasteiger partial charge on any atom is 0.389 e. The third-order valence-corrected chi connectivity index (χ3v) is 3.22. The predicted molar refractivity (Wildman–Crippen MR) is 67.1 cm³/mol. The molecular formula is C12H12F4N2S. The number of imidazole rings is 1. The second-order valence-electron chi connectivity index (χ2n) is 4.42. The average Bonchev–Trinajstić information content (AvgIpc) is 2.55. The number of nitrogens with zero attached hydrogens (tertiary/aromatic N) is 1. The molecule has 7 heteroatoms. The van der Waals surface area contributed by atoms with E-state index in [1.807, 2.05) is 0 Å². The number of fused-ring (bicyclic) bond motifs is 1. The lowest BCUT2D eigenvalue weighted by molar-refractivity contribution is -0.135. The monoisotopic (exact) mass is 292 g/mol. The van der Waals surface area contributed by atoms with Crippen LogP contribution >= 0.6 is 12.2 Å². The molecule has 2 rings (SSSR count). The highest BCUT2D eigenvalue weighted by molar-refractivity contribution is 7.71. The molecule has 2 nitrogen and oxygen atoms in total. The highest BCUT2D eigenvalue weighted by atomic mass is 32.1. The highest BCUT2D eigenvalue weighted by Crippen LogP contribution is 2.23. The maximum atomic E-state index is 13.4. The zero-order valence-electron chi connectivity index (χ0n) is 10.1. The third kappa shape index (κ3) is 3.15. The Kier molecular flexibility index (Phi) is 3.66. The van der Waals surface area contributed by atoms with Gasteiger partial charge in [0.15, 0.2) is 4.77 Å². The molecule has 1 N–H and O–H groups in total. The summed E-state index contributed by atoms with van der Waals surface area (Å²) in [5.41, 5.74) is 1.57. The molecule has 0 saturated heterocycles. The molecule has 0 saturated carbocycles. The standard InChI is InChI=1S/C12H12F4N2S/c1-7-5-10-9(6-8(7)13)17-11(19)18(10)4-2-3-12(14,15)16/h5-6H,2-4H2,1H3,(H,17,19). The van der Waals surface area contributed by atoms with Gasteiger partial charge in [-0.1, -0.05) is 0 Å². The van der Waals surface area contributed by atoms with Gasteiger partial charge in [-0.2, -0.15) is 13.2 Å². The zero-order valence-corrected chi connectivity index (χ0v) is 11.0. The fourth-order valence-electron chi connectivity index (χ4n) is 1.94. The van der Waals surface area contributed by atoms with Crippen LogP contribution < -0.4 is 0 Å². The van der Waals surface area contributed by atoms with Crippen molar-refractivity contribution in [2.45, 2.75) is 32.5 Å². The van der Waals surface area contributed by atoms with Crippen LogP contribution in [0.5, 0.6) is 0 Å². The van der Waals surface area contributed by atoms with Crippen molar-refractivity contribution in [2.24, 2.45) is 0 Å². The van der Waals surface area contributed by atoms with Crippen molar-refractivity contribution in [3.63, 3.8) is 0 Å². The number of nitrogens with one attached hydrogen (secondary N) is 1. The van der Waals surface area contributed by atoms with Crippen LogP contribution in [-0.4, -0.2) is 15.7 Å². The molecular weight excluding hydrogens is 280 g/mol. The lowest BCUT2D eigenvalue weighted by atomic mass is 10.2. The lowest BCUT2D eigenvalue weighted by Gasteiger charge is -2.08. The van der Waals surface area contributed by atoms with E-state index >= 15 is 0 Å². The van der Waals surface area contributed by atoms with Gasteiger partial charge in [0.1, 0.15) is 5.82 Å². The van der Waals surface area contributed by atoms with Crippen molar-refractivity contribution >= 4 is 23.3 Å². The van der Waals surface area contributed by atoms with Crippen LogP contribution in [0.2, 0.25) is 0 Å². The molecule has 0 radical (unpaired) electrons. The minimum Gasteiger partial charge on any atom is -0.330 e. The van der Waals surface area contributed by atoms with Crippen LogP contribution in [0.25, 0.3) is 11.0 Å². The van der Waals surface area contributed by atoms with Crippen LogP contribution in [0, 0.1) is 17.5 Å². The van der Waals surface area contributed by atoms with Gasteiger partial charge in [0.05, 0.1) is 11.0 Å². The van der Waals surface area contributed by atoms with E-state index in [1.54, 1.807) is 17.6 Å². The number of alkyl halides is 3. The van der Waals surface area contributed by atoms with Crippen molar-refractivity contribution in [2.75, 3.05) is 0 Å². The van der Waals surface area contributed by atoms with Gasteiger partial charge in [-0.05, 0) is 43.3 Å². The van der Waals surface area contributed by atoms with Gasteiger partial charge in [-0.15, -0.1) is 0 Å². The molecule has 1 aromatic carbocycles. The van der Waals surface area contributed by atoms with E-state index in [9.17, 15) is 17.6 Å². The van der Waals surface area contributed by atoms with Gasteiger partial charge in [-0.3, -0.25) is 0 Å². The topological polar surface area (TPSA) is 20.7 Å². The number of aryl methyl sites for hydroxylation is 2. The third-order valence-electron chi connectivity index (χ3n) is 2.90. The molecule has 0 amide bonds. The summed E-state index contributed by atoms with van der Waals surface area (Å²) in [6.07, 6.45) is -5.08. The molecule has 0 aliphatic heterocycles. The van der Waals surface area contributed by atoms with Crippen molar-refractivity contribution in [1.29, 1.82) is 0 Å². The summed E-state index contributed by atoms with van der Waals surface area (Å²) in [5.74, 6) is -0.369. The molecule has 0 bridgehead atoms. The van der Waals surface area contributed by atoms with E-state index in [-0.39, 0.29) is 18.8 Å². The summed E-state index contributed by atoms with van der Waals surface area (Å²) in [5, 5.41) is 0. The second kappa shape index (κ2) is 4.96. The second-order valence-corrected chi connectivity index (χ2v) is 4.81. The Morgan fingerprint density at radius 3 is 2.63 bits per heavy atom. The first-order chi connectivity index (χ1) is 8.78. The molecule has 0 aliphatic carbocycles. The minimum absolute atomic E-state index is 0.0544. The van der Waals surface area contributed by atoms with E-state index in [0.717, 1.165) is 0 Å². The fraction of sp³-hybridized carbons (Fsp3) is 0.417. The summed E-state index contributed by atoms with van der Waals surface area (Å²) in [6.45, 7) is 1.76. The maximum absolute atomic E-state index is 13.4. The Morgan fingerprint density at radius 2 is 2.00 bits per heavy atom. The SMILES string of the molecule is Cc1cc2c(cc1F)[nH]c(=S)n2CCCC(F)(F)F. The first kappa shape index (κ1) is 14.0. The molecule has 0 spiro atoms. The molecule has 104 valence electrons. The van der Waals surface area contributed by atoms with E-state index in [1.165, 1.54) is 6.07 Å². The summed E-state index contributed by atoms with van der Waals surface area (Å²) in [4.78, 5) is 2.80. The Balaban J connectivity index is 2.30. The van der Waals surface area contributed by atoms with E-state index < -0.39 is 12.6 Å². The number of halogens is 4. The van der Waals surface area contributed by atoms with E-state index in [0.29, 0.717) is 21.4 Å². The van der Waals surface area contributed by atoms with Crippen molar-refractivity contribution < 1.29 is 17.6 Å². The van der Waals surface area contributed by atoms with Gasteiger partial charge in [0.25, 0.3) is 0 Å². The number of benzene rings is 1. The molecule has 0 atom stereocenters. The Labute approximate surface area is 112 Å². The number of rotatable bonds is 3. The van der Waals surface area contributed by atoms with Gasteiger partial charge in [0, 0.05) is 13.0 Å². The van der Waals surface area contributed by atoms with Crippen molar-refractivity contribution in [3.8, 4) is 0 Å². The summed E-state index contributed by atoms with van der Waals surface area (Å²) in [6, 6.07) is 2.89. The number of aromatic amines is 1. The highest BCUT2D eigenvalue weighted by Gasteiger charge is 2.26. The molecule has 0 fully saturated rings. The minimum atomic E-state index is -4.17. The van der Waals surface area contributed by atoms with Gasteiger partial charge >= 0.3 is 6.18 Å². The van der Waals surface area contributed by atoms with Gasteiger partial charge < -0.3 is 9.55 Å². The fourth-order valence-corrected chi connectivity index (χ4v) is 2.24. The summed E-state index contributed by atoms with van der Waals surface area (Å²) in [7, 11) is 0. The molecule has 0 aliphatic rings. The Hall–Kier alpha value is -1.37. The van der Waals surface area contributed by atoms with Crippen LogP contribution in [0.15, 0.2) is 12.1 Å². The van der Waals surface area contributed by atoms with Crippen LogP contribution in [0.1, 0.15) is 18.4 Å². The Morgan fingerprint density at radius 1 is 1.32 bits per heavy atom. The quantitative estimate of drug-likeness (QED) is 0.653. The van der Waals surface area contributed by atoms with Crippen LogP contribution in [0.3, 0.4) is 0 Å². The smallest absolute Gasteiger partial charge is 0.330 e. The van der Waals surface area contributed by atoms with Crippen molar-refractivity contribution in [1.82, 2.24) is 9.55 Å². The molecule has 1 heterocycles. The predicted octanol–water partition coefficient (Wildman–Crippen LogP) is 4.49. The Bertz CT molecular complexity index is 654. The largest absolute Gasteiger partial charge is 0.389 e. The summed E-state index contributed by atoms with van der Waals surface area (Å²) >= 11 is 5.05. The van der Waals surface area contributed by atoms with Gasteiger partial charge in [-0.25, -0.2) is 4.39 Å². The van der Waals surface area contributed by atoms with E-state index in [2.05, 4.69) is 4.98 Å². The number of H-pyrrole nitrogens is 1. The molecule has 19 heavy (non-hydrogen) atoms. The normalized spacial score (nSPS) is 12.3. The molecule has 0 unspecified atom stereocenters. The average molecular weight is 292 g/mol. The van der Waals surface area contributed by atoms with E-state index in [4.69, 9.17) is 12.2 Å². The molecule has 1 aromatic heterocycles. The zero-order chi connectivity index (χ0) is 14.2.